The van der Waals surface area contributed by atoms with Crippen LogP contribution in [0.3, 0.4) is 0 Å². The highest BCUT2D eigenvalue weighted by atomic mass is 16.4. The van der Waals surface area contributed by atoms with Crippen LogP contribution in [0.15, 0.2) is 12.3 Å². The number of rotatable bonds is 2. The van der Waals surface area contributed by atoms with E-state index in [-0.39, 0.29) is 0 Å². The second-order valence-corrected chi connectivity index (χ2v) is 4.26. The molecule has 2 aromatic rings. The Kier molecular flexibility index (Phi) is 2.53. The number of aromatic nitrogens is 2. The molecule has 0 amide bonds. The van der Waals surface area contributed by atoms with E-state index in [2.05, 4.69) is 5.10 Å². The molecule has 2 heterocycles. The lowest BCUT2D eigenvalue weighted by molar-refractivity contribution is 0.0695. The van der Waals surface area contributed by atoms with Crippen LogP contribution in [-0.4, -0.2) is 34.8 Å². The molecule has 2 rings (SSSR count). The fraction of sp³-hybridized carbons (Fsp3) is 0.333. The molecular formula is C12H15N3O2. The van der Waals surface area contributed by atoms with E-state index in [4.69, 9.17) is 0 Å². The van der Waals surface area contributed by atoms with Crippen molar-refractivity contribution in [1.29, 1.82) is 0 Å². The maximum absolute atomic E-state index is 11.2. The number of carboxylic acids is 1. The van der Waals surface area contributed by atoms with E-state index >= 15 is 0 Å². The Hall–Kier alpha value is -2.04. The molecule has 0 saturated carbocycles. The maximum Gasteiger partial charge on any atom is 0.337 e. The van der Waals surface area contributed by atoms with Gasteiger partial charge in [-0.3, -0.25) is 0 Å². The SMILES string of the molecule is Cc1c(C(=O)O)c(C)n2nccc(N(C)C)c12. The van der Waals surface area contributed by atoms with Gasteiger partial charge in [0.1, 0.15) is 0 Å². The number of aromatic carboxylic acids is 1. The van der Waals surface area contributed by atoms with Crippen molar-refractivity contribution in [2.24, 2.45) is 0 Å². The summed E-state index contributed by atoms with van der Waals surface area (Å²) in [5, 5.41) is 13.4. The minimum Gasteiger partial charge on any atom is -0.478 e. The van der Waals surface area contributed by atoms with Crippen LogP contribution in [0.4, 0.5) is 5.69 Å². The molecule has 1 N–H and O–H groups in total. The monoisotopic (exact) mass is 233 g/mol. The van der Waals surface area contributed by atoms with Gasteiger partial charge >= 0.3 is 5.97 Å². The number of hydrogen-bond acceptors (Lipinski definition) is 3. The summed E-state index contributed by atoms with van der Waals surface area (Å²) in [6.45, 7) is 3.59. The third kappa shape index (κ3) is 1.54. The zero-order valence-corrected chi connectivity index (χ0v) is 10.4. The van der Waals surface area contributed by atoms with Crippen LogP contribution in [0.1, 0.15) is 21.6 Å². The van der Waals surface area contributed by atoms with Gasteiger partial charge in [-0.15, -0.1) is 0 Å². The maximum atomic E-state index is 11.2. The predicted octanol–water partition coefficient (Wildman–Crippen LogP) is 1.72. The van der Waals surface area contributed by atoms with Crippen LogP contribution < -0.4 is 4.90 Å². The second kappa shape index (κ2) is 3.76. The van der Waals surface area contributed by atoms with Crippen LogP contribution in [-0.2, 0) is 0 Å². The van der Waals surface area contributed by atoms with Crippen molar-refractivity contribution in [3.8, 4) is 0 Å². The molecule has 0 unspecified atom stereocenters. The number of nitrogens with zero attached hydrogens (tertiary/aromatic N) is 3. The summed E-state index contributed by atoms with van der Waals surface area (Å²) in [6.07, 6.45) is 1.68. The lowest BCUT2D eigenvalue weighted by atomic mass is 10.1. The van der Waals surface area contributed by atoms with Gasteiger partial charge in [0.25, 0.3) is 0 Å². The Morgan fingerprint density at radius 1 is 1.41 bits per heavy atom. The first kappa shape index (κ1) is 11.4. The molecule has 5 heteroatoms. The van der Waals surface area contributed by atoms with Crippen LogP contribution in [0.25, 0.3) is 5.52 Å². The van der Waals surface area contributed by atoms with Gasteiger partial charge < -0.3 is 10.0 Å². The Morgan fingerprint density at radius 2 is 2.06 bits per heavy atom. The van der Waals surface area contributed by atoms with Gasteiger partial charge in [0, 0.05) is 20.3 Å². The average Bonchev–Trinajstić information content (AvgIpc) is 2.51. The molecule has 0 saturated heterocycles. The summed E-state index contributed by atoms with van der Waals surface area (Å²) < 4.78 is 1.69. The van der Waals surface area contributed by atoms with E-state index in [1.165, 1.54) is 0 Å². The summed E-state index contributed by atoms with van der Waals surface area (Å²) >= 11 is 0. The Balaban J connectivity index is 2.93. The average molecular weight is 233 g/mol. The summed E-state index contributed by atoms with van der Waals surface area (Å²) in [5.41, 5.74) is 3.58. The molecule has 0 aromatic carbocycles. The van der Waals surface area contributed by atoms with E-state index in [1.807, 2.05) is 32.0 Å². The summed E-state index contributed by atoms with van der Waals surface area (Å²) in [7, 11) is 3.86. The number of aryl methyl sites for hydroxylation is 2. The molecule has 0 aliphatic rings. The van der Waals surface area contributed by atoms with Crippen molar-refractivity contribution in [2.45, 2.75) is 13.8 Å². The minimum absolute atomic E-state index is 0.340. The first-order valence-electron chi connectivity index (χ1n) is 5.32. The summed E-state index contributed by atoms with van der Waals surface area (Å²) in [5.74, 6) is -0.907. The Bertz CT molecular complexity index is 599. The van der Waals surface area contributed by atoms with Crippen molar-refractivity contribution < 1.29 is 9.90 Å². The van der Waals surface area contributed by atoms with Crippen LogP contribution in [0, 0.1) is 13.8 Å². The van der Waals surface area contributed by atoms with Gasteiger partial charge in [0.05, 0.1) is 22.5 Å². The summed E-state index contributed by atoms with van der Waals surface area (Å²) in [6, 6.07) is 1.88. The lowest BCUT2D eigenvalue weighted by Crippen LogP contribution is -2.11. The number of carbonyl (C=O) groups is 1. The molecule has 0 aliphatic heterocycles. The molecule has 0 spiro atoms. The molecule has 90 valence electrons. The molecule has 0 atom stereocenters. The standard InChI is InChI=1S/C12H15N3O2/c1-7-10(12(16)17)8(2)15-11(7)9(14(3)4)5-6-13-15/h5-6H,1-4H3,(H,16,17). The largest absolute Gasteiger partial charge is 0.478 e. The molecular weight excluding hydrogens is 218 g/mol. The van der Waals surface area contributed by atoms with Crippen molar-refractivity contribution in [3.05, 3.63) is 29.1 Å². The quantitative estimate of drug-likeness (QED) is 0.858. The number of fused-ring (bicyclic) bond motifs is 1. The normalized spacial score (nSPS) is 10.8. The van der Waals surface area contributed by atoms with Gasteiger partial charge in [-0.05, 0) is 25.5 Å². The molecule has 0 radical (unpaired) electrons. The topological polar surface area (TPSA) is 57.8 Å². The number of anilines is 1. The highest BCUT2D eigenvalue weighted by Crippen LogP contribution is 2.28. The molecule has 0 aliphatic carbocycles. The van der Waals surface area contributed by atoms with Gasteiger partial charge in [-0.25, -0.2) is 9.31 Å². The third-order valence-corrected chi connectivity index (χ3v) is 2.97. The van der Waals surface area contributed by atoms with Crippen LogP contribution in [0.5, 0.6) is 0 Å². The smallest absolute Gasteiger partial charge is 0.337 e. The zero-order valence-electron chi connectivity index (χ0n) is 10.4. The first-order valence-corrected chi connectivity index (χ1v) is 5.32. The fourth-order valence-electron chi connectivity index (χ4n) is 2.19. The predicted molar refractivity (Wildman–Crippen MR) is 66.0 cm³/mol. The second-order valence-electron chi connectivity index (χ2n) is 4.26. The van der Waals surface area contributed by atoms with Crippen molar-refractivity contribution in [2.75, 3.05) is 19.0 Å². The van der Waals surface area contributed by atoms with Crippen molar-refractivity contribution >= 4 is 17.2 Å². The van der Waals surface area contributed by atoms with E-state index in [1.54, 1.807) is 17.6 Å². The molecule has 2 aromatic heterocycles. The van der Waals surface area contributed by atoms with E-state index in [9.17, 15) is 9.90 Å². The highest BCUT2D eigenvalue weighted by molar-refractivity contribution is 5.96. The highest BCUT2D eigenvalue weighted by Gasteiger charge is 2.21. The van der Waals surface area contributed by atoms with E-state index in [0.717, 1.165) is 16.8 Å². The molecule has 17 heavy (non-hydrogen) atoms. The van der Waals surface area contributed by atoms with Crippen molar-refractivity contribution in [3.63, 3.8) is 0 Å². The number of hydrogen-bond donors (Lipinski definition) is 1. The van der Waals surface area contributed by atoms with E-state index < -0.39 is 5.97 Å². The Labute approximate surface area is 99.3 Å². The van der Waals surface area contributed by atoms with Crippen LogP contribution in [0.2, 0.25) is 0 Å². The zero-order chi connectivity index (χ0) is 12.7. The fourth-order valence-corrected chi connectivity index (χ4v) is 2.19. The third-order valence-electron chi connectivity index (χ3n) is 2.97. The minimum atomic E-state index is -0.907. The molecule has 5 nitrogen and oxygen atoms in total. The molecule has 0 bridgehead atoms. The van der Waals surface area contributed by atoms with Gasteiger partial charge in [0.15, 0.2) is 0 Å². The van der Waals surface area contributed by atoms with Gasteiger partial charge in [-0.2, -0.15) is 5.10 Å². The molecule has 0 fully saturated rings. The first-order chi connectivity index (χ1) is 7.95. The summed E-state index contributed by atoms with van der Waals surface area (Å²) in [4.78, 5) is 13.2. The number of carboxylic acid groups (broad SMARTS) is 1. The van der Waals surface area contributed by atoms with Gasteiger partial charge in [-0.1, -0.05) is 0 Å². The van der Waals surface area contributed by atoms with Gasteiger partial charge in [0.2, 0.25) is 0 Å². The van der Waals surface area contributed by atoms with Crippen molar-refractivity contribution in [1.82, 2.24) is 9.61 Å². The van der Waals surface area contributed by atoms with E-state index in [0.29, 0.717) is 11.3 Å². The van der Waals surface area contributed by atoms with Crippen LogP contribution >= 0.6 is 0 Å². The Morgan fingerprint density at radius 3 is 2.59 bits per heavy atom. The lowest BCUT2D eigenvalue weighted by Gasteiger charge is -2.14.